The van der Waals surface area contributed by atoms with Gasteiger partial charge in [0.05, 0.1) is 11.9 Å². The monoisotopic (exact) mass is 581 g/mol. The molecule has 0 saturated carbocycles. The van der Waals surface area contributed by atoms with E-state index in [0.29, 0.717) is 17.7 Å². The lowest BCUT2D eigenvalue weighted by Gasteiger charge is -2.32. The third-order valence-corrected chi connectivity index (χ3v) is 8.17. The Morgan fingerprint density at radius 3 is 2.24 bits per heavy atom. The molecule has 0 aliphatic heterocycles. The largest absolute Gasteiger partial charge is 0.352 e. The molecule has 3 rings (SSSR count). The summed E-state index contributed by atoms with van der Waals surface area (Å²) in [6.07, 6.45) is 2.46. The summed E-state index contributed by atoms with van der Waals surface area (Å²) in [5, 5.41) is 3.02. The minimum absolute atomic E-state index is 0.0287. The smallest absolute Gasteiger partial charge is 0.243 e. The van der Waals surface area contributed by atoms with E-state index in [1.807, 2.05) is 57.2 Å². The summed E-state index contributed by atoms with van der Waals surface area (Å²) < 4.78 is 40.1. The van der Waals surface area contributed by atoms with E-state index in [2.05, 4.69) is 5.32 Å². The zero-order valence-corrected chi connectivity index (χ0v) is 25.0. The second kappa shape index (κ2) is 14.8. The molecule has 0 aliphatic rings. The third kappa shape index (κ3) is 9.70. The number of halogens is 1. The van der Waals surface area contributed by atoms with Gasteiger partial charge in [0.25, 0.3) is 0 Å². The molecule has 0 bridgehead atoms. The van der Waals surface area contributed by atoms with E-state index in [-0.39, 0.29) is 49.6 Å². The quantitative estimate of drug-likeness (QED) is 0.282. The summed E-state index contributed by atoms with van der Waals surface area (Å²) in [4.78, 5) is 29.0. The highest BCUT2D eigenvalue weighted by Gasteiger charge is 2.31. The number of aryl methyl sites for hydroxylation is 1. The maximum atomic E-state index is 13.8. The number of amides is 2. The molecule has 0 fully saturated rings. The minimum Gasteiger partial charge on any atom is -0.352 e. The lowest BCUT2D eigenvalue weighted by Crippen LogP contribution is -2.52. The number of nitrogens with one attached hydrogen (secondary N) is 1. The molecule has 0 unspecified atom stereocenters. The number of hydrogen-bond donors (Lipinski definition) is 1. The van der Waals surface area contributed by atoms with Crippen molar-refractivity contribution in [2.45, 2.75) is 65.1 Å². The standard InChI is InChI=1S/C32H40FN3O4S/c1-5-25(3)34-32(38)30(22-26-12-7-6-8-13-26)35(23-27-16-18-28(33)19-17-27)31(37)15-10-20-36(41(4,39)40)29-14-9-11-24(2)21-29/h6-9,11-14,16-19,21,25,30H,5,10,15,20,22-23H2,1-4H3,(H,34,38)/t25-,30-/m1/s1. The highest BCUT2D eigenvalue weighted by molar-refractivity contribution is 7.92. The molecule has 0 saturated heterocycles. The van der Waals surface area contributed by atoms with Crippen LogP contribution in [-0.2, 0) is 32.6 Å². The van der Waals surface area contributed by atoms with Crippen molar-refractivity contribution in [1.29, 1.82) is 0 Å². The van der Waals surface area contributed by atoms with E-state index in [9.17, 15) is 22.4 Å². The maximum absolute atomic E-state index is 13.8. The number of rotatable bonds is 14. The van der Waals surface area contributed by atoms with Gasteiger partial charge < -0.3 is 10.2 Å². The molecule has 9 heteroatoms. The Hall–Kier alpha value is -3.72. The SMILES string of the molecule is CC[C@@H](C)NC(=O)[C@@H](Cc1ccccc1)N(Cc1ccc(F)cc1)C(=O)CCCN(c1cccc(C)c1)S(C)(=O)=O. The minimum atomic E-state index is -3.58. The Morgan fingerprint density at radius 2 is 1.63 bits per heavy atom. The van der Waals surface area contributed by atoms with Gasteiger partial charge in [0.2, 0.25) is 21.8 Å². The molecule has 2 amide bonds. The van der Waals surface area contributed by atoms with Gasteiger partial charge >= 0.3 is 0 Å². The van der Waals surface area contributed by atoms with Crippen LogP contribution in [0.15, 0.2) is 78.9 Å². The van der Waals surface area contributed by atoms with Crippen LogP contribution in [0.1, 0.15) is 49.8 Å². The van der Waals surface area contributed by atoms with Crippen LogP contribution in [-0.4, -0.2) is 50.0 Å². The molecule has 41 heavy (non-hydrogen) atoms. The molecule has 7 nitrogen and oxygen atoms in total. The highest BCUT2D eigenvalue weighted by atomic mass is 32.2. The van der Waals surface area contributed by atoms with E-state index in [0.717, 1.165) is 23.8 Å². The first-order valence-corrected chi connectivity index (χ1v) is 15.7. The zero-order valence-electron chi connectivity index (χ0n) is 24.2. The van der Waals surface area contributed by atoms with Gasteiger partial charge in [-0.1, -0.05) is 61.5 Å². The van der Waals surface area contributed by atoms with E-state index in [4.69, 9.17) is 0 Å². The molecule has 220 valence electrons. The first kappa shape index (κ1) is 31.8. The van der Waals surface area contributed by atoms with Crippen LogP contribution < -0.4 is 9.62 Å². The Bertz CT molecular complexity index is 1400. The number of hydrogen-bond acceptors (Lipinski definition) is 4. The van der Waals surface area contributed by atoms with Gasteiger partial charge in [-0.15, -0.1) is 0 Å². The fourth-order valence-electron chi connectivity index (χ4n) is 4.57. The van der Waals surface area contributed by atoms with E-state index >= 15 is 0 Å². The van der Waals surface area contributed by atoms with Gasteiger partial charge in [0.15, 0.2) is 0 Å². The lowest BCUT2D eigenvalue weighted by atomic mass is 10.0. The first-order valence-electron chi connectivity index (χ1n) is 13.9. The molecular weight excluding hydrogens is 541 g/mol. The summed E-state index contributed by atoms with van der Waals surface area (Å²) in [6, 6.07) is 21.7. The van der Waals surface area contributed by atoms with Crippen LogP contribution in [0.5, 0.6) is 0 Å². The Morgan fingerprint density at radius 1 is 0.951 bits per heavy atom. The molecular formula is C32H40FN3O4S. The molecule has 1 N–H and O–H groups in total. The molecule has 0 aromatic heterocycles. The van der Waals surface area contributed by atoms with Crippen molar-refractivity contribution in [2.24, 2.45) is 0 Å². The van der Waals surface area contributed by atoms with Gasteiger partial charge in [-0.2, -0.15) is 0 Å². The topological polar surface area (TPSA) is 86.8 Å². The number of sulfonamides is 1. The number of benzene rings is 3. The summed E-state index contributed by atoms with van der Waals surface area (Å²) in [5.41, 5.74) is 3.05. The fraction of sp³-hybridized carbons (Fsp3) is 0.375. The molecule has 2 atom stereocenters. The first-order chi connectivity index (χ1) is 19.5. The van der Waals surface area contributed by atoms with Gasteiger partial charge in [0.1, 0.15) is 11.9 Å². The molecule has 3 aromatic carbocycles. The maximum Gasteiger partial charge on any atom is 0.243 e. The van der Waals surface area contributed by atoms with Gasteiger partial charge in [-0.25, -0.2) is 12.8 Å². The fourth-order valence-corrected chi connectivity index (χ4v) is 5.53. The Labute approximate surface area is 243 Å². The zero-order chi connectivity index (χ0) is 30.0. The van der Waals surface area contributed by atoms with Crippen molar-refractivity contribution < 1.29 is 22.4 Å². The summed E-state index contributed by atoms with van der Waals surface area (Å²) >= 11 is 0. The highest BCUT2D eigenvalue weighted by Crippen LogP contribution is 2.21. The van der Waals surface area contributed by atoms with E-state index in [1.165, 1.54) is 21.3 Å². The second-order valence-electron chi connectivity index (χ2n) is 10.4. The molecule has 0 heterocycles. The van der Waals surface area contributed by atoms with Crippen molar-refractivity contribution in [3.8, 4) is 0 Å². The second-order valence-corrected chi connectivity index (χ2v) is 12.4. The van der Waals surface area contributed by atoms with E-state index < -0.39 is 16.1 Å². The number of carbonyl (C=O) groups excluding carboxylic acids is 2. The van der Waals surface area contributed by atoms with Crippen molar-refractivity contribution in [3.63, 3.8) is 0 Å². The van der Waals surface area contributed by atoms with Gasteiger partial charge in [0, 0.05) is 32.0 Å². The van der Waals surface area contributed by atoms with Crippen molar-refractivity contribution in [1.82, 2.24) is 10.2 Å². The van der Waals surface area contributed by atoms with Crippen LogP contribution >= 0.6 is 0 Å². The van der Waals surface area contributed by atoms with Crippen molar-refractivity contribution in [3.05, 3.63) is 101 Å². The average Bonchev–Trinajstić information content (AvgIpc) is 2.93. The molecule has 0 spiro atoms. The normalized spacial score (nSPS) is 12.8. The van der Waals surface area contributed by atoms with Crippen LogP contribution in [0.3, 0.4) is 0 Å². The predicted molar refractivity (Wildman–Crippen MR) is 161 cm³/mol. The van der Waals surface area contributed by atoms with Crippen molar-refractivity contribution in [2.75, 3.05) is 17.1 Å². The average molecular weight is 582 g/mol. The third-order valence-electron chi connectivity index (χ3n) is 6.98. The van der Waals surface area contributed by atoms with Gasteiger partial charge in [-0.05, 0) is 67.6 Å². The Kier molecular flexibility index (Phi) is 11.5. The summed E-state index contributed by atoms with van der Waals surface area (Å²) in [6.45, 7) is 5.99. The van der Waals surface area contributed by atoms with Crippen LogP contribution in [0, 0.1) is 12.7 Å². The number of anilines is 1. The lowest BCUT2D eigenvalue weighted by molar-refractivity contribution is -0.141. The molecule has 3 aromatic rings. The Balaban J connectivity index is 1.89. The van der Waals surface area contributed by atoms with Crippen LogP contribution in [0.25, 0.3) is 0 Å². The summed E-state index contributed by atoms with van der Waals surface area (Å²) in [5.74, 6) is -0.942. The predicted octanol–water partition coefficient (Wildman–Crippen LogP) is 5.24. The van der Waals surface area contributed by atoms with Crippen molar-refractivity contribution >= 4 is 27.5 Å². The summed E-state index contributed by atoms with van der Waals surface area (Å²) in [7, 11) is -3.58. The molecule has 0 aliphatic carbocycles. The van der Waals surface area contributed by atoms with E-state index in [1.54, 1.807) is 30.3 Å². The number of carbonyl (C=O) groups is 2. The van der Waals surface area contributed by atoms with Crippen LogP contribution in [0.2, 0.25) is 0 Å². The van der Waals surface area contributed by atoms with Crippen LogP contribution in [0.4, 0.5) is 10.1 Å². The molecule has 0 radical (unpaired) electrons. The number of nitrogens with zero attached hydrogens (tertiary/aromatic N) is 2. The van der Waals surface area contributed by atoms with Gasteiger partial charge in [-0.3, -0.25) is 13.9 Å².